The first-order valence-electron chi connectivity index (χ1n) is 9.85. The molecule has 0 unspecified atom stereocenters. The number of rotatable bonds is 3. The van der Waals surface area contributed by atoms with E-state index >= 15 is 0 Å². The standard InChI is InChI=1S/C21H22N6O2/c1-2-26-15-7-4-3-6-14(15)23-21(26)25-20(29)13-10-16-19(17(28)11-13)24-18-12-22-8-5-9-27(16)18/h3-4,6-7,10-11,22,28H,2,5,8-9,12H2,1H3,(H,23,25,29). The Morgan fingerprint density at radius 2 is 2.10 bits per heavy atom. The molecule has 0 saturated heterocycles. The van der Waals surface area contributed by atoms with Crippen LogP contribution in [0.15, 0.2) is 36.4 Å². The number of aromatic nitrogens is 4. The first-order chi connectivity index (χ1) is 14.2. The second-order valence-electron chi connectivity index (χ2n) is 7.20. The molecule has 0 aliphatic carbocycles. The summed E-state index contributed by atoms with van der Waals surface area (Å²) in [7, 11) is 0. The van der Waals surface area contributed by atoms with Crippen LogP contribution in [-0.2, 0) is 19.6 Å². The van der Waals surface area contributed by atoms with Crippen LogP contribution in [-0.4, -0.2) is 36.7 Å². The van der Waals surface area contributed by atoms with Crippen LogP contribution in [0.3, 0.4) is 0 Å². The number of hydrogen-bond donors (Lipinski definition) is 3. The van der Waals surface area contributed by atoms with Crippen LogP contribution in [0, 0.1) is 0 Å². The highest BCUT2D eigenvalue weighted by atomic mass is 16.3. The summed E-state index contributed by atoms with van der Waals surface area (Å²) >= 11 is 0. The Labute approximate surface area is 167 Å². The van der Waals surface area contributed by atoms with Gasteiger partial charge in [-0.3, -0.25) is 10.1 Å². The highest BCUT2D eigenvalue weighted by Crippen LogP contribution is 2.29. The van der Waals surface area contributed by atoms with Crippen molar-refractivity contribution in [1.29, 1.82) is 0 Å². The van der Waals surface area contributed by atoms with Crippen molar-refractivity contribution in [3.8, 4) is 5.75 Å². The summed E-state index contributed by atoms with van der Waals surface area (Å²) in [5.41, 5.74) is 3.48. The van der Waals surface area contributed by atoms with Crippen LogP contribution in [0.25, 0.3) is 22.1 Å². The number of benzene rings is 2. The number of phenols is 1. The molecule has 0 atom stereocenters. The first kappa shape index (κ1) is 17.7. The van der Waals surface area contributed by atoms with E-state index in [0.29, 0.717) is 30.1 Å². The van der Waals surface area contributed by atoms with E-state index in [-0.39, 0.29) is 11.7 Å². The molecule has 3 N–H and O–H groups in total. The summed E-state index contributed by atoms with van der Waals surface area (Å²) < 4.78 is 4.04. The van der Waals surface area contributed by atoms with Crippen LogP contribution in [0.1, 0.15) is 29.5 Å². The van der Waals surface area contributed by atoms with E-state index in [0.717, 1.165) is 41.9 Å². The van der Waals surface area contributed by atoms with Gasteiger partial charge in [-0.15, -0.1) is 0 Å². The molecule has 5 rings (SSSR count). The Balaban J connectivity index is 1.54. The fourth-order valence-electron chi connectivity index (χ4n) is 4.00. The second-order valence-corrected chi connectivity index (χ2v) is 7.20. The molecule has 148 valence electrons. The van der Waals surface area contributed by atoms with E-state index < -0.39 is 0 Å². The van der Waals surface area contributed by atoms with Crippen molar-refractivity contribution < 1.29 is 9.90 Å². The van der Waals surface area contributed by atoms with Crippen LogP contribution >= 0.6 is 0 Å². The number of aromatic hydroxyl groups is 1. The first-order valence-corrected chi connectivity index (χ1v) is 9.85. The molecule has 29 heavy (non-hydrogen) atoms. The Kier molecular flexibility index (Phi) is 4.21. The SMILES string of the molecule is CCn1c(NC(=O)c2cc(O)c3nc4n(c3c2)CCCNC4)nc2ccccc21. The predicted molar refractivity (Wildman–Crippen MR) is 111 cm³/mol. The fourth-order valence-corrected chi connectivity index (χ4v) is 4.00. The third kappa shape index (κ3) is 2.92. The van der Waals surface area contributed by atoms with Gasteiger partial charge < -0.3 is 19.6 Å². The number of hydrogen-bond acceptors (Lipinski definition) is 5. The lowest BCUT2D eigenvalue weighted by Gasteiger charge is -2.09. The van der Waals surface area contributed by atoms with Crippen molar-refractivity contribution in [1.82, 2.24) is 24.4 Å². The summed E-state index contributed by atoms with van der Waals surface area (Å²) in [4.78, 5) is 22.1. The lowest BCUT2D eigenvalue weighted by molar-refractivity contribution is 0.102. The van der Waals surface area contributed by atoms with E-state index in [1.54, 1.807) is 6.07 Å². The molecule has 0 saturated carbocycles. The number of nitrogens with one attached hydrogen (secondary N) is 2. The van der Waals surface area contributed by atoms with Crippen molar-refractivity contribution in [3.63, 3.8) is 0 Å². The number of fused-ring (bicyclic) bond motifs is 4. The molecule has 4 aromatic rings. The Morgan fingerprint density at radius 3 is 2.97 bits per heavy atom. The van der Waals surface area contributed by atoms with Gasteiger partial charge in [0.05, 0.1) is 23.1 Å². The molecule has 0 bridgehead atoms. The topological polar surface area (TPSA) is 97.0 Å². The van der Waals surface area contributed by atoms with Gasteiger partial charge in [-0.25, -0.2) is 9.97 Å². The van der Waals surface area contributed by atoms with Crippen LogP contribution in [0.4, 0.5) is 5.95 Å². The van der Waals surface area contributed by atoms with Gasteiger partial charge >= 0.3 is 0 Å². The Hall–Kier alpha value is -3.39. The van der Waals surface area contributed by atoms with E-state index in [1.165, 1.54) is 6.07 Å². The molecule has 1 amide bonds. The molecule has 2 aromatic heterocycles. The number of amides is 1. The van der Waals surface area contributed by atoms with Gasteiger partial charge in [0, 0.05) is 18.7 Å². The molecule has 0 fully saturated rings. The number of phenolic OH excluding ortho intramolecular Hbond substituents is 1. The molecule has 8 nitrogen and oxygen atoms in total. The van der Waals surface area contributed by atoms with Crippen molar-refractivity contribution >= 4 is 33.9 Å². The number of carbonyl (C=O) groups excluding carboxylic acids is 1. The summed E-state index contributed by atoms with van der Waals surface area (Å²) in [6.07, 6.45) is 0.968. The Morgan fingerprint density at radius 1 is 1.24 bits per heavy atom. The minimum Gasteiger partial charge on any atom is -0.506 e. The smallest absolute Gasteiger partial charge is 0.258 e. The highest BCUT2D eigenvalue weighted by Gasteiger charge is 2.20. The molecule has 2 aromatic carbocycles. The quantitative estimate of drug-likeness (QED) is 0.500. The summed E-state index contributed by atoms with van der Waals surface area (Å²) in [6.45, 7) is 5.07. The number of imidazole rings is 2. The zero-order chi connectivity index (χ0) is 20.0. The number of anilines is 1. The Bertz CT molecular complexity index is 1240. The molecule has 1 aliphatic rings. The maximum absolute atomic E-state index is 13.0. The van der Waals surface area contributed by atoms with Gasteiger partial charge in [0.2, 0.25) is 5.95 Å². The molecule has 1 aliphatic heterocycles. The minimum atomic E-state index is -0.311. The van der Waals surface area contributed by atoms with Gasteiger partial charge in [0.1, 0.15) is 17.1 Å². The summed E-state index contributed by atoms with van der Waals surface area (Å²) in [6, 6.07) is 11.0. The molecular formula is C21H22N6O2. The van der Waals surface area contributed by atoms with Crippen molar-refractivity contribution in [2.24, 2.45) is 0 Å². The maximum Gasteiger partial charge on any atom is 0.258 e. The fraction of sp³-hybridized carbons (Fsp3) is 0.286. The number of carbonyl (C=O) groups is 1. The van der Waals surface area contributed by atoms with Gasteiger partial charge in [-0.2, -0.15) is 0 Å². The van der Waals surface area contributed by atoms with E-state index in [4.69, 9.17) is 0 Å². The molecular weight excluding hydrogens is 368 g/mol. The van der Waals surface area contributed by atoms with Crippen molar-refractivity contribution in [2.45, 2.75) is 33.0 Å². The van der Waals surface area contributed by atoms with Crippen molar-refractivity contribution in [2.75, 3.05) is 11.9 Å². The van der Waals surface area contributed by atoms with E-state index in [2.05, 4.69) is 25.2 Å². The largest absolute Gasteiger partial charge is 0.506 e. The zero-order valence-electron chi connectivity index (χ0n) is 16.1. The second kappa shape index (κ2) is 6.89. The number of nitrogens with zero attached hydrogens (tertiary/aromatic N) is 4. The van der Waals surface area contributed by atoms with Gasteiger partial charge in [-0.1, -0.05) is 12.1 Å². The van der Waals surface area contributed by atoms with E-state index in [1.807, 2.05) is 35.8 Å². The van der Waals surface area contributed by atoms with Gasteiger partial charge in [0.15, 0.2) is 0 Å². The van der Waals surface area contributed by atoms with Gasteiger partial charge in [-0.05, 0) is 44.2 Å². The maximum atomic E-state index is 13.0. The monoisotopic (exact) mass is 390 g/mol. The normalized spacial score (nSPS) is 14.1. The van der Waals surface area contributed by atoms with Crippen molar-refractivity contribution in [3.05, 3.63) is 47.8 Å². The lowest BCUT2D eigenvalue weighted by Crippen LogP contribution is -2.16. The summed E-state index contributed by atoms with van der Waals surface area (Å²) in [5.74, 6) is 1.07. The third-order valence-corrected chi connectivity index (χ3v) is 5.39. The highest BCUT2D eigenvalue weighted by molar-refractivity contribution is 6.06. The molecule has 0 radical (unpaired) electrons. The third-order valence-electron chi connectivity index (χ3n) is 5.39. The van der Waals surface area contributed by atoms with Crippen LogP contribution < -0.4 is 10.6 Å². The van der Waals surface area contributed by atoms with Crippen LogP contribution in [0.2, 0.25) is 0 Å². The zero-order valence-corrected chi connectivity index (χ0v) is 16.1. The number of para-hydroxylation sites is 2. The molecule has 8 heteroatoms. The van der Waals surface area contributed by atoms with Crippen LogP contribution in [0.5, 0.6) is 5.75 Å². The summed E-state index contributed by atoms with van der Waals surface area (Å²) in [5, 5.41) is 16.7. The number of aryl methyl sites for hydroxylation is 2. The average Bonchev–Trinajstić information content (AvgIpc) is 3.16. The molecule has 3 heterocycles. The van der Waals surface area contributed by atoms with Gasteiger partial charge in [0.25, 0.3) is 5.91 Å². The molecule has 0 spiro atoms. The van der Waals surface area contributed by atoms with E-state index in [9.17, 15) is 9.90 Å². The predicted octanol–water partition coefficient (Wildman–Crippen LogP) is 2.86. The lowest BCUT2D eigenvalue weighted by atomic mass is 10.1. The average molecular weight is 390 g/mol. The minimum absolute atomic E-state index is 0.0113.